The van der Waals surface area contributed by atoms with E-state index in [0.29, 0.717) is 0 Å². The molecule has 2 N–H and O–H groups in total. The summed E-state index contributed by atoms with van der Waals surface area (Å²) < 4.78 is 49.1. The van der Waals surface area contributed by atoms with Gasteiger partial charge in [0, 0.05) is 6.04 Å². The third-order valence-corrected chi connectivity index (χ3v) is 2.18. The Morgan fingerprint density at radius 3 is 2.56 bits per heavy atom. The largest absolute Gasteiger partial charge is 0.481 e. The van der Waals surface area contributed by atoms with Gasteiger partial charge in [0.1, 0.15) is 5.82 Å². The summed E-state index contributed by atoms with van der Waals surface area (Å²) in [5, 5.41) is 10.7. The molecule has 1 rings (SSSR count). The van der Waals surface area contributed by atoms with Crippen molar-refractivity contribution in [3.8, 4) is 0 Å². The van der Waals surface area contributed by atoms with E-state index in [0.717, 1.165) is 12.1 Å². The maximum Gasteiger partial charge on any atom is 0.401 e. The molecule has 7 heteroatoms. The van der Waals surface area contributed by atoms with E-state index >= 15 is 0 Å². The zero-order chi connectivity index (χ0) is 13.8. The van der Waals surface area contributed by atoms with E-state index in [9.17, 15) is 22.4 Å². The lowest BCUT2D eigenvalue weighted by Crippen LogP contribution is -2.33. The van der Waals surface area contributed by atoms with Crippen molar-refractivity contribution in [2.45, 2.75) is 18.6 Å². The van der Waals surface area contributed by atoms with Gasteiger partial charge in [0.25, 0.3) is 0 Å². The van der Waals surface area contributed by atoms with E-state index in [1.54, 1.807) is 0 Å². The molecule has 0 aliphatic rings. The second-order valence-corrected chi connectivity index (χ2v) is 3.70. The number of alkyl halides is 3. The summed E-state index contributed by atoms with van der Waals surface area (Å²) >= 11 is 0. The highest BCUT2D eigenvalue weighted by Gasteiger charge is 2.29. The highest BCUT2D eigenvalue weighted by molar-refractivity contribution is 5.67. The Morgan fingerprint density at radius 1 is 1.39 bits per heavy atom. The minimum atomic E-state index is -4.45. The Bertz CT molecular complexity index is 420. The molecular weight excluding hydrogens is 254 g/mol. The minimum absolute atomic E-state index is 0.168. The molecule has 1 aromatic carbocycles. The third kappa shape index (κ3) is 5.13. The van der Waals surface area contributed by atoms with Gasteiger partial charge in [0.05, 0.1) is 13.0 Å². The molecule has 0 aromatic heterocycles. The number of hydrogen-bond donors (Lipinski definition) is 2. The Labute approximate surface area is 100 Å². The van der Waals surface area contributed by atoms with Gasteiger partial charge in [-0.3, -0.25) is 4.79 Å². The first kappa shape index (κ1) is 14.4. The van der Waals surface area contributed by atoms with Crippen LogP contribution in [0.4, 0.5) is 17.6 Å². The first-order valence-corrected chi connectivity index (χ1v) is 5.05. The molecule has 3 nitrogen and oxygen atoms in total. The quantitative estimate of drug-likeness (QED) is 0.804. The molecule has 0 bridgehead atoms. The van der Waals surface area contributed by atoms with Crippen molar-refractivity contribution in [2.75, 3.05) is 6.54 Å². The first-order valence-electron chi connectivity index (χ1n) is 5.05. The van der Waals surface area contributed by atoms with Gasteiger partial charge < -0.3 is 10.4 Å². The van der Waals surface area contributed by atoms with Gasteiger partial charge in [-0.2, -0.15) is 13.2 Å². The van der Waals surface area contributed by atoms with Gasteiger partial charge in [-0.05, 0) is 17.7 Å². The molecule has 0 amide bonds. The molecule has 0 aliphatic heterocycles. The lowest BCUT2D eigenvalue weighted by atomic mass is 10.0. The van der Waals surface area contributed by atoms with Crippen LogP contribution in [0.1, 0.15) is 18.0 Å². The monoisotopic (exact) mass is 265 g/mol. The number of aliphatic carboxylic acids is 1. The average molecular weight is 265 g/mol. The number of nitrogens with one attached hydrogen (secondary N) is 1. The predicted octanol–water partition coefficient (Wildman–Crippen LogP) is 2.49. The standard InChI is InChI=1S/C11H11F4NO2/c12-8-3-1-2-7(4-8)9(5-10(17)18)16-6-11(13,14)15/h1-4,9,16H,5-6H2,(H,17,18). The molecule has 0 saturated heterocycles. The Hall–Kier alpha value is -1.63. The highest BCUT2D eigenvalue weighted by atomic mass is 19.4. The summed E-state index contributed by atoms with van der Waals surface area (Å²) in [6, 6.07) is 3.75. The summed E-state index contributed by atoms with van der Waals surface area (Å²) in [5.74, 6) is -1.89. The van der Waals surface area contributed by atoms with Crippen LogP contribution in [0.3, 0.4) is 0 Å². The number of rotatable bonds is 5. The van der Waals surface area contributed by atoms with E-state index < -0.39 is 37.0 Å². The summed E-state index contributed by atoms with van der Waals surface area (Å²) in [4.78, 5) is 10.6. The predicted molar refractivity (Wildman–Crippen MR) is 55.5 cm³/mol. The average Bonchev–Trinajstić information content (AvgIpc) is 2.22. The topological polar surface area (TPSA) is 49.3 Å². The van der Waals surface area contributed by atoms with Crippen LogP contribution in [0.15, 0.2) is 24.3 Å². The summed E-state index contributed by atoms with van der Waals surface area (Å²) in [6.07, 6.45) is -5.01. The van der Waals surface area contributed by atoms with Gasteiger partial charge in [-0.15, -0.1) is 0 Å². The molecule has 0 radical (unpaired) electrons. The fraction of sp³-hybridized carbons (Fsp3) is 0.364. The molecular formula is C11H11F4NO2. The smallest absolute Gasteiger partial charge is 0.401 e. The van der Waals surface area contributed by atoms with Crippen LogP contribution in [-0.4, -0.2) is 23.8 Å². The van der Waals surface area contributed by atoms with E-state index in [4.69, 9.17) is 5.11 Å². The minimum Gasteiger partial charge on any atom is -0.481 e. The number of hydrogen-bond acceptors (Lipinski definition) is 2. The molecule has 0 spiro atoms. The summed E-state index contributed by atoms with van der Waals surface area (Å²) in [6.45, 7) is -1.33. The van der Waals surface area contributed by atoms with Gasteiger partial charge in [0.15, 0.2) is 0 Å². The lowest BCUT2D eigenvalue weighted by molar-refractivity contribution is -0.139. The molecule has 100 valence electrons. The molecule has 1 aromatic rings. The normalized spacial score (nSPS) is 13.3. The number of carboxylic acids is 1. The van der Waals surface area contributed by atoms with Crippen molar-refractivity contribution < 1.29 is 27.5 Å². The van der Waals surface area contributed by atoms with Crippen LogP contribution in [0, 0.1) is 5.82 Å². The van der Waals surface area contributed by atoms with Crippen LogP contribution in [0.5, 0.6) is 0 Å². The number of carboxylic acid groups (broad SMARTS) is 1. The van der Waals surface area contributed by atoms with Crippen molar-refractivity contribution in [1.29, 1.82) is 0 Å². The van der Waals surface area contributed by atoms with E-state index in [2.05, 4.69) is 5.32 Å². The molecule has 18 heavy (non-hydrogen) atoms. The second kappa shape index (κ2) is 5.81. The molecule has 1 unspecified atom stereocenters. The lowest BCUT2D eigenvalue weighted by Gasteiger charge is -2.18. The molecule has 1 atom stereocenters. The fourth-order valence-electron chi connectivity index (χ4n) is 1.44. The second-order valence-electron chi connectivity index (χ2n) is 3.70. The maximum atomic E-state index is 12.9. The van der Waals surface area contributed by atoms with Gasteiger partial charge in [-0.1, -0.05) is 12.1 Å². The molecule has 0 fully saturated rings. The Kier molecular flexibility index (Phi) is 4.66. The van der Waals surface area contributed by atoms with Crippen molar-refractivity contribution in [1.82, 2.24) is 5.32 Å². The Morgan fingerprint density at radius 2 is 2.06 bits per heavy atom. The van der Waals surface area contributed by atoms with Crippen LogP contribution in [0.2, 0.25) is 0 Å². The first-order chi connectivity index (χ1) is 8.28. The van der Waals surface area contributed by atoms with Crippen LogP contribution < -0.4 is 5.32 Å². The Balaban J connectivity index is 2.81. The van der Waals surface area contributed by atoms with Crippen molar-refractivity contribution in [2.24, 2.45) is 0 Å². The fourth-order valence-corrected chi connectivity index (χ4v) is 1.44. The SMILES string of the molecule is O=C(O)CC(NCC(F)(F)F)c1cccc(F)c1. The molecule has 0 aliphatic carbocycles. The number of benzene rings is 1. The van der Waals surface area contributed by atoms with Crippen LogP contribution >= 0.6 is 0 Å². The van der Waals surface area contributed by atoms with E-state index in [1.165, 1.54) is 12.1 Å². The van der Waals surface area contributed by atoms with Crippen molar-refractivity contribution in [3.05, 3.63) is 35.6 Å². The summed E-state index contributed by atoms with van der Waals surface area (Å²) in [7, 11) is 0. The van der Waals surface area contributed by atoms with E-state index in [-0.39, 0.29) is 5.56 Å². The maximum absolute atomic E-state index is 12.9. The van der Waals surface area contributed by atoms with Gasteiger partial charge >= 0.3 is 12.1 Å². The van der Waals surface area contributed by atoms with Crippen LogP contribution in [-0.2, 0) is 4.79 Å². The number of halogens is 4. The van der Waals surface area contributed by atoms with Crippen molar-refractivity contribution >= 4 is 5.97 Å². The zero-order valence-electron chi connectivity index (χ0n) is 9.17. The van der Waals surface area contributed by atoms with Gasteiger partial charge in [0.2, 0.25) is 0 Å². The summed E-state index contributed by atoms with van der Waals surface area (Å²) in [5.41, 5.74) is 0.168. The zero-order valence-corrected chi connectivity index (χ0v) is 9.17. The van der Waals surface area contributed by atoms with E-state index in [1.807, 2.05) is 0 Å². The molecule has 0 heterocycles. The number of carbonyl (C=O) groups is 1. The van der Waals surface area contributed by atoms with Crippen LogP contribution in [0.25, 0.3) is 0 Å². The van der Waals surface area contributed by atoms with Gasteiger partial charge in [-0.25, -0.2) is 4.39 Å². The highest BCUT2D eigenvalue weighted by Crippen LogP contribution is 2.20. The van der Waals surface area contributed by atoms with Crippen molar-refractivity contribution in [3.63, 3.8) is 0 Å². The third-order valence-electron chi connectivity index (χ3n) is 2.18. The molecule has 0 saturated carbocycles.